The molecule has 0 amide bonds. The van der Waals surface area contributed by atoms with Crippen molar-refractivity contribution in [3.63, 3.8) is 0 Å². The zero-order valence-electron chi connectivity index (χ0n) is 10.4. The van der Waals surface area contributed by atoms with Gasteiger partial charge in [-0.3, -0.25) is 0 Å². The number of ether oxygens (including phenoxy) is 1. The summed E-state index contributed by atoms with van der Waals surface area (Å²) in [7, 11) is 1.57. The molecule has 0 bridgehead atoms. The normalized spacial score (nSPS) is 10.6. The van der Waals surface area contributed by atoms with E-state index in [1.54, 1.807) is 7.11 Å². The predicted molar refractivity (Wildman–Crippen MR) is 71.6 cm³/mol. The molecule has 1 heterocycles. The molecule has 18 heavy (non-hydrogen) atoms. The van der Waals surface area contributed by atoms with Crippen molar-refractivity contribution in [2.24, 2.45) is 0 Å². The molecule has 1 aromatic heterocycles. The maximum atomic E-state index is 8.67. The van der Waals surface area contributed by atoms with Gasteiger partial charge in [-0.25, -0.2) is 9.97 Å². The molecule has 7 heteroatoms. The molecule has 0 radical (unpaired) electrons. The van der Waals surface area contributed by atoms with Crippen molar-refractivity contribution in [1.29, 1.82) is 0 Å². The van der Waals surface area contributed by atoms with Gasteiger partial charge in [-0.2, -0.15) is 0 Å². The van der Waals surface area contributed by atoms with Gasteiger partial charge in [0.2, 0.25) is 0 Å². The molecule has 0 atom stereocenters. The standard InChI is InChI=1S/C11H19ClN4O2/c1-18-7-8-15-10(12)9(13)11(16-8)14-5-3-2-4-6-17/h17H,2-7,13H2,1H3,(H,14,15,16). The molecule has 0 aromatic carbocycles. The number of nitrogen functional groups attached to an aromatic ring is 1. The molecule has 0 fully saturated rings. The van der Waals surface area contributed by atoms with E-state index in [9.17, 15) is 0 Å². The topological polar surface area (TPSA) is 93.3 Å². The Kier molecular flexibility index (Phi) is 6.70. The second-order valence-corrected chi connectivity index (χ2v) is 4.19. The summed E-state index contributed by atoms with van der Waals surface area (Å²) in [5.41, 5.74) is 6.13. The van der Waals surface area contributed by atoms with Gasteiger partial charge in [0.25, 0.3) is 0 Å². The molecule has 1 rings (SSSR count). The first kappa shape index (κ1) is 14.9. The van der Waals surface area contributed by atoms with Crippen molar-refractivity contribution in [3.05, 3.63) is 11.0 Å². The van der Waals surface area contributed by atoms with E-state index in [1.807, 2.05) is 0 Å². The third kappa shape index (κ3) is 4.64. The molecule has 102 valence electrons. The Morgan fingerprint density at radius 3 is 2.78 bits per heavy atom. The number of methoxy groups -OCH3 is 1. The van der Waals surface area contributed by atoms with Crippen LogP contribution in [0.1, 0.15) is 25.1 Å². The van der Waals surface area contributed by atoms with Crippen LogP contribution < -0.4 is 11.1 Å². The number of halogens is 1. The zero-order valence-corrected chi connectivity index (χ0v) is 11.2. The number of anilines is 2. The van der Waals surface area contributed by atoms with Crippen LogP contribution in [-0.2, 0) is 11.3 Å². The summed E-state index contributed by atoms with van der Waals surface area (Å²) >= 11 is 5.91. The Balaban J connectivity index is 2.57. The highest BCUT2D eigenvalue weighted by Gasteiger charge is 2.09. The van der Waals surface area contributed by atoms with Crippen LogP contribution in [0.15, 0.2) is 0 Å². The first-order valence-electron chi connectivity index (χ1n) is 5.84. The van der Waals surface area contributed by atoms with Crippen molar-refractivity contribution in [2.45, 2.75) is 25.9 Å². The molecule has 0 aliphatic heterocycles. The van der Waals surface area contributed by atoms with Gasteiger partial charge in [0.1, 0.15) is 12.3 Å². The highest BCUT2D eigenvalue weighted by Crippen LogP contribution is 2.23. The minimum absolute atomic E-state index is 0.222. The first-order valence-corrected chi connectivity index (χ1v) is 6.22. The van der Waals surface area contributed by atoms with Crippen molar-refractivity contribution in [3.8, 4) is 0 Å². The number of rotatable bonds is 8. The summed E-state index contributed by atoms with van der Waals surface area (Å²) in [6.07, 6.45) is 2.69. The summed E-state index contributed by atoms with van der Waals surface area (Å²) in [5.74, 6) is 1.03. The summed E-state index contributed by atoms with van der Waals surface area (Å²) in [5, 5.41) is 12.0. The summed E-state index contributed by atoms with van der Waals surface area (Å²) in [6, 6.07) is 0. The van der Waals surface area contributed by atoms with Crippen molar-refractivity contribution in [2.75, 3.05) is 31.3 Å². The summed E-state index contributed by atoms with van der Waals surface area (Å²) in [6.45, 7) is 1.24. The maximum Gasteiger partial charge on any atom is 0.158 e. The van der Waals surface area contributed by atoms with Crippen molar-refractivity contribution >= 4 is 23.1 Å². The minimum Gasteiger partial charge on any atom is -0.396 e. The molecule has 4 N–H and O–H groups in total. The van der Waals surface area contributed by atoms with Crippen molar-refractivity contribution < 1.29 is 9.84 Å². The van der Waals surface area contributed by atoms with Crippen LogP contribution in [0.3, 0.4) is 0 Å². The lowest BCUT2D eigenvalue weighted by Gasteiger charge is -2.10. The molecular formula is C11H19ClN4O2. The Morgan fingerprint density at radius 1 is 1.33 bits per heavy atom. The van der Waals surface area contributed by atoms with Crippen LogP contribution in [-0.4, -0.2) is 35.3 Å². The van der Waals surface area contributed by atoms with Gasteiger partial charge >= 0.3 is 0 Å². The number of nitrogens with one attached hydrogen (secondary N) is 1. The molecule has 6 nitrogen and oxygen atoms in total. The van der Waals surface area contributed by atoms with E-state index >= 15 is 0 Å². The fourth-order valence-corrected chi connectivity index (χ4v) is 1.62. The highest BCUT2D eigenvalue weighted by molar-refractivity contribution is 6.32. The number of unbranched alkanes of at least 4 members (excludes halogenated alkanes) is 2. The fraction of sp³-hybridized carbons (Fsp3) is 0.636. The summed E-state index contributed by atoms with van der Waals surface area (Å²) in [4.78, 5) is 8.25. The van der Waals surface area contributed by atoms with E-state index in [-0.39, 0.29) is 11.8 Å². The van der Waals surface area contributed by atoms with Crippen LogP contribution in [0.25, 0.3) is 0 Å². The molecule has 0 spiro atoms. The molecule has 0 aliphatic rings. The fourth-order valence-electron chi connectivity index (χ4n) is 1.43. The second-order valence-electron chi connectivity index (χ2n) is 3.84. The predicted octanol–water partition coefficient (Wildman–Crippen LogP) is 1.43. The van der Waals surface area contributed by atoms with Crippen LogP contribution >= 0.6 is 11.6 Å². The monoisotopic (exact) mass is 274 g/mol. The number of nitrogens with zero attached hydrogens (tertiary/aromatic N) is 2. The lowest BCUT2D eigenvalue weighted by molar-refractivity contribution is 0.178. The number of aliphatic hydroxyl groups excluding tert-OH is 1. The lowest BCUT2D eigenvalue weighted by atomic mass is 10.2. The maximum absolute atomic E-state index is 8.67. The quantitative estimate of drug-likeness (QED) is 0.490. The van der Waals surface area contributed by atoms with E-state index in [2.05, 4.69) is 15.3 Å². The van der Waals surface area contributed by atoms with Gasteiger partial charge < -0.3 is 20.9 Å². The number of aromatic nitrogens is 2. The molecular weight excluding hydrogens is 256 g/mol. The minimum atomic E-state index is 0.222. The lowest BCUT2D eigenvalue weighted by Crippen LogP contribution is -2.10. The Labute approximate surface area is 112 Å². The molecule has 0 aliphatic carbocycles. The largest absolute Gasteiger partial charge is 0.396 e. The van der Waals surface area contributed by atoms with E-state index in [0.29, 0.717) is 23.9 Å². The SMILES string of the molecule is COCc1nc(Cl)c(N)c(NCCCCCO)n1. The Hall–Kier alpha value is -1.11. The molecule has 0 unspecified atom stereocenters. The zero-order chi connectivity index (χ0) is 13.4. The van der Waals surface area contributed by atoms with Gasteiger partial charge in [-0.15, -0.1) is 0 Å². The number of aliphatic hydroxyl groups is 1. The third-order valence-electron chi connectivity index (χ3n) is 2.35. The average Bonchev–Trinajstić information content (AvgIpc) is 2.35. The van der Waals surface area contributed by atoms with Crippen LogP contribution in [0.5, 0.6) is 0 Å². The number of hydrogen-bond acceptors (Lipinski definition) is 6. The van der Waals surface area contributed by atoms with E-state index < -0.39 is 0 Å². The van der Waals surface area contributed by atoms with Crippen LogP contribution in [0.2, 0.25) is 5.15 Å². The van der Waals surface area contributed by atoms with E-state index in [1.165, 1.54) is 0 Å². The van der Waals surface area contributed by atoms with Gasteiger partial charge in [0.15, 0.2) is 16.8 Å². The van der Waals surface area contributed by atoms with E-state index in [0.717, 1.165) is 25.8 Å². The molecule has 1 aromatic rings. The Bertz CT molecular complexity index is 376. The molecule has 0 saturated carbocycles. The first-order chi connectivity index (χ1) is 8.69. The Morgan fingerprint density at radius 2 is 2.11 bits per heavy atom. The van der Waals surface area contributed by atoms with Gasteiger partial charge in [0.05, 0.1) is 0 Å². The average molecular weight is 275 g/mol. The molecule has 0 saturated heterocycles. The second kappa shape index (κ2) is 8.07. The summed E-state index contributed by atoms with van der Waals surface area (Å²) < 4.78 is 4.96. The van der Waals surface area contributed by atoms with Crippen LogP contribution in [0.4, 0.5) is 11.5 Å². The van der Waals surface area contributed by atoms with Crippen LogP contribution in [0, 0.1) is 0 Å². The van der Waals surface area contributed by atoms with Gasteiger partial charge in [0, 0.05) is 20.3 Å². The van der Waals surface area contributed by atoms with Gasteiger partial charge in [-0.1, -0.05) is 11.6 Å². The van der Waals surface area contributed by atoms with E-state index in [4.69, 9.17) is 27.2 Å². The smallest absolute Gasteiger partial charge is 0.158 e. The number of nitrogens with two attached hydrogens (primary N) is 1. The third-order valence-corrected chi connectivity index (χ3v) is 2.63. The van der Waals surface area contributed by atoms with Crippen molar-refractivity contribution in [1.82, 2.24) is 9.97 Å². The number of hydrogen-bond donors (Lipinski definition) is 3. The van der Waals surface area contributed by atoms with Gasteiger partial charge in [-0.05, 0) is 19.3 Å². The highest BCUT2D eigenvalue weighted by atomic mass is 35.5.